The minimum Gasteiger partial charge on any atom is -0.456 e. The molecule has 0 aliphatic heterocycles. The Morgan fingerprint density at radius 3 is 2.61 bits per heavy atom. The van der Waals surface area contributed by atoms with Crippen LogP contribution >= 0.6 is 11.6 Å². The van der Waals surface area contributed by atoms with Gasteiger partial charge in [0, 0.05) is 18.2 Å². The molecule has 0 saturated carbocycles. The number of halogens is 2. The number of ether oxygens (including phenoxy) is 1. The van der Waals surface area contributed by atoms with Crippen LogP contribution in [0.3, 0.4) is 0 Å². The Kier molecular flexibility index (Phi) is 3.84. The SMILES string of the molecule is Cc1cc(Oc2ccccc2Cl)cc(F)c1CN. The van der Waals surface area contributed by atoms with Crippen molar-refractivity contribution in [1.82, 2.24) is 0 Å². The molecular formula is C14H13ClFNO. The van der Waals surface area contributed by atoms with Gasteiger partial charge in [-0.2, -0.15) is 0 Å². The molecule has 0 radical (unpaired) electrons. The van der Waals surface area contributed by atoms with Crippen LogP contribution in [0.5, 0.6) is 11.5 Å². The van der Waals surface area contributed by atoms with Crippen LogP contribution in [0.15, 0.2) is 36.4 Å². The van der Waals surface area contributed by atoms with Crippen molar-refractivity contribution in [3.8, 4) is 11.5 Å². The van der Waals surface area contributed by atoms with Gasteiger partial charge in [-0.05, 0) is 30.7 Å². The van der Waals surface area contributed by atoms with Gasteiger partial charge in [0.2, 0.25) is 0 Å². The summed E-state index contributed by atoms with van der Waals surface area (Å²) in [6.07, 6.45) is 0. The Hall–Kier alpha value is -1.58. The molecule has 4 heteroatoms. The third-order valence-electron chi connectivity index (χ3n) is 2.66. The molecule has 0 saturated heterocycles. The maximum absolute atomic E-state index is 13.7. The van der Waals surface area contributed by atoms with Crippen LogP contribution in [0.25, 0.3) is 0 Å². The van der Waals surface area contributed by atoms with Gasteiger partial charge in [-0.3, -0.25) is 0 Å². The van der Waals surface area contributed by atoms with Crippen LogP contribution in [0.1, 0.15) is 11.1 Å². The second-order valence-electron chi connectivity index (χ2n) is 3.94. The quantitative estimate of drug-likeness (QED) is 0.909. The average molecular weight is 266 g/mol. The van der Waals surface area contributed by atoms with E-state index in [4.69, 9.17) is 22.1 Å². The van der Waals surface area contributed by atoms with E-state index >= 15 is 0 Å². The van der Waals surface area contributed by atoms with E-state index in [1.807, 2.05) is 0 Å². The summed E-state index contributed by atoms with van der Waals surface area (Å²) < 4.78 is 19.3. The predicted molar refractivity (Wildman–Crippen MR) is 70.6 cm³/mol. The normalized spacial score (nSPS) is 10.4. The van der Waals surface area contributed by atoms with Gasteiger partial charge in [0.1, 0.15) is 17.3 Å². The van der Waals surface area contributed by atoms with Crippen LogP contribution in [0.2, 0.25) is 5.02 Å². The Morgan fingerprint density at radius 2 is 2.00 bits per heavy atom. The first kappa shape index (κ1) is 12.9. The van der Waals surface area contributed by atoms with Crippen LogP contribution in [0.4, 0.5) is 4.39 Å². The molecule has 0 heterocycles. The molecular weight excluding hydrogens is 253 g/mol. The summed E-state index contributed by atoms with van der Waals surface area (Å²) in [5, 5.41) is 0.485. The van der Waals surface area contributed by atoms with Crippen molar-refractivity contribution in [2.75, 3.05) is 0 Å². The third-order valence-corrected chi connectivity index (χ3v) is 2.97. The van der Waals surface area contributed by atoms with Gasteiger partial charge in [0.05, 0.1) is 5.02 Å². The largest absolute Gasteiger partial charge is 0.456 e. The summed E-state index contributed by atoms with van der Waals surface area (Å²) in [4.78, 5) is 0. The highest BCUT2D eigenvalue weighted by atomic mass is 35.5. The van der Waals surface area contributed by atoms with Crippen LogP contribution in [-0.2, 0) is 6.54 Å². The number of hydrogen-bond donors (Lipinski definition) is 1. The lowest BCUT2D eigenvalue weighted by Crippen LogP contribution is -2.03. The fourth-order valence-electron chi connectivity index (χ4n) is 1.71. The number of nitrogens with two attached hydrogens (primary N) is 1. The van der Waals surface area contributed by atoms with Gasteiger partial charge >= 0.3 is 0 Å². The molecule has 18 heavy (non-hydrogen) atoms. The van der Waals surface area contributed by atoms with E-state index in [0.29, 0.717) is 22.1 Å². The fraction of sp³-hybridized carbons (Fsp3) is 0.143. The molecule has 0 atom stereocenters. The summed E-state index contributed by atoms with van der Waals surface area (Å²) in [6, 6.07) is 10.1. The summed E-state index contributed by atoms with van der Waals surface area (Å²) in [5.74, 6) is 0.549. The van der Waals surface area contributed by atoms with Crippen molar-refractivity contribution in [3.05, 3.63) is 58.4 Å². The van der Waals surface area contributed by atoms with Crippen LogP contribution < -0.4 is 10.5 Å². The first-order valence-electron chi connectivity index (χ1n) is 5.53. The molecule has 2 aromatic carbocycles. The lowest BCUT2D eigenvalue weighted by molar-refractivity contribution is 0.475. The molecule has 2 aromatic rings. The molecule has 0 aromatic heterocycles. The Bertz CT molecular complexity index is 548. The highest BCUT2D eigenvalue weighted by Gasteiger charge is 2.09. The molecule has 0 bridgehead atoms. The van der Waals surface area contributed by atoms with Crippen molar-refractivity contribution in [2.45, 2.75) is 13.5 Å². The molecule has 94 valence electrons. The standard InChI is InChI=1S/C14H13ClFNO/c1-9-6-10(7-13(16)11(9)8-17)18-14-5-3-2-4-12(14)15/h2-7H,8,17H2,1H3. The van der Waals surface area contributed by atoms with Gasteiger partial charge in [-0.1, -0.05) is 23.7 Å². The topological polar surface area (TPSA) is 35.2 Å². The van der Waals surface area contributed by atoms with E-state index in [2.05, 4.69) is 0 Å². The van der Waals surface area contributed by atoms with Crippen molar-refractivity contribution in [2.24, 2.45) is 5.73 Å². The maximum atomic E-state index is 13.7. The highest BCUT2D eigenvalue weighted by molar-refractivity contribution is 6.32. The van der Waals surface area contributed by atoms with Crippen molar-refractivity contribution < 1.29 is 9.13 Å². The first-order valence-corrected chi connectivity index (χ1v) is 5.91. The predicted octanol–water partition coefficient (Wildman–Crippen LogP) is 4.04. The molecule has 2 nitrogen and oxygen atoms in total. The lowest BCUT2D eigenvalue weighted by atomic mass is 10.1. The molecule has 0 aliphatic rings. The van der Waals surface area contributed by atoms with Crippen molar-refractivity contribution >= 4 is 11.6 Å². The lowest BCUT2D eigenvalue weighted by Gasteiger charge is -2.11. The average Bonchev–Trinajstić information content (AvgIpc) is 2.32. The monoisotopic (exact) mass is 265 g/mol. The Morgan fingerprint density at radius 1 is 1.28 bits per heavy atom. The number of benzene rings is 2. The van der Waals surface area contributed by atoms with Crippen LogP contribution in [0, 0.1) is 12.7 Å². The van der Waals surface area contributed by atoms with E-state index in [9.17, 15) is 4.39 Å². The second kappa shape index (κ2) is 5.38. The maximum Gasteiger partial charge on any atom is 0.146 e. The zero-order valence-corrected chi connectivity index (χ0v) is 10.7. The van der Waals surface area contributed by atoms with Gasteiger partial charge in [-0.25, -0.2) is 4.39 Å². The smallest absolute Gasteiger partial charge is 0.146 e. The molecule has 2 N–H and O–H groups in total. The van der Waals surface area contributed by atoms with Gasteiger partial charge in [0.15, 0.2) is 0 Å². The molecule has 0 amide bonds. The van der Waals surface area contributed by atoms with E-state index in [1.165, 1.54) is 6.07 Å². The third kappa shape index (κ3) is 2.63. The molecule has 0 unspecified atom stereocenters. The minimum absolute atomic E-state index is 0.171. The molecule has 0 fully saturated rings. The van der Waals surface area contributed by atoms with E-state index < -0.39 is 0 Å². The summed E-state index contributed by atoms with van der Waals surface area (Å²) >= 11 is 5.97. The number of para-hydroxylation sites is 1. The zero-order chi connectivity index (χ0) is 13.1. The Balaban J connectivity index is 2.34. The summed E-state index contributed by atoms with van der Waals surface area (Å²) in [6.45, 7) is 1.97. The Labute approximate surface area is 110 Å². The summed E-state index contributed by atoms with van der Waals surface area (Å²) in [7, 11) is 0. The van der Waals surface area contributed by atoms with E-state index in [1.54, 1.807) is 37.3 Å². The first-order chi connectivity index (χ1) is 8.61. The van der Waals surface area contributed by atoms with Crippen LogP contribution in [-0.4, -0.2) is 0 Å². The number of aryl methyl sites for hydroxylation is 1. The molecule has 2 rings (SSSR count). The van der Waals surface area contributed by atoms with Crippen molar-refractivity contribution in [3.63, 3.8) is 0 Å². The number of rotatable bonds is 3. The van der Waals surface area contributed by atoms with Gasteiger partial charge in [0.25, 0.3) is 0 Å². The van der Waals surface area contributed by atoms with E-state index in [0.717, 1.165) is 5.56 Å². The van der Waals surface area contributed by atoms with Crippen molar-refractivity contribution in [1.29, 1.82) is 0 Å². The molecule has 0 spiro atoms. The molecule has 0 aliphatic carbocycles. The summed E-state index contributed by atoms with van der Waals surface area (Å²) in [5.41, 5.74) is 6.74. The second-order valence-corrected chi connectivity index (χ2v) is 4.34. The minimum atomic E-state index is -0.362. The van der Waals surface area contributed by atoms with Gasteiger partial charge in [-0.15, -0.1) is 0 Å². The number of hydrogen-bond acceptors (Lipinski definition) is 2. The van der Waals surface area contributed by atoms with Gasteiger partial charge < -0.3 is 10.5 Å². The fourth-order valence-corrected chi connectivity index (χ4v) is 1.89. The zero-order valence-electron chi connectivity index (χ0n) is 9.91. The van der Waals surface area contributed by atoms with E-state index in [-0.39, 0.29) is 12.4 Å². The highest BCUT2D eigenvalue weighted by Crippen LogP contribution is 2.30.